The largest absolute Gasteiger partial charge is 0.0776 e. The summed E-state index contributed by atoms with van der Waals surface area (Å²) in [6, 6.07) is 0. The molecular weight excluding hydrogens is 276 g/mol. The first-order valence-electron chi connectivity index (χ1n) is 10.6. The van der Waals surface area contributed by atoms with Gasteiger partial charge in [-0.3, -0.25) is 0 Å². The minimum Gasteiger partial charge on any atom is -0.0776 e. The number of rotatable bonds is 2. The van der Waals surface area contributed by atoms with Crippen LogP contribution in [0.5, 0.6) is 0 Å². The van der Waals surface area contributed by atoms with Crippen LogP contribution in [0.15, 0.2) is 0 Å². The van der Waals surface area contributed by atoms with Gasteiger partial charge in [0.15, 0.2) is 0 Å². The summed E-state index contributed by atoms with van der Waals surface area (Å²) in [5.41, 5.74) is 0. The third-order valence-corrected chi connectivity index (χ3v) is 5.19. The first-order chi connectivity index (χ1) is 10.6. The summed E-state index contributed by atoms with van der Waals surface area (Å²) in [7, 11) is 0. The van der Waals surface area contributed by atoms with E-state index in [4.69, 9.17) is 0 Å². The molecule has 2 aliphatic carbocycles. The van der Waals surface area contributed by atoms with Crippen LogP contribution >= 0.6 is 0 Å². The molecule has 0 aliphatic heterocycles. The molecule has 0 unspecified atom stereocenters. The molecule has 144 valence electrons. The summed E-state index contributed by atoms with van der Waals surface area (Å²) in [6.07, 6.45) is 14.9. The SMILES string of the molecule is C.CC.CC.CC(C)C1CCCCC1.CC(C)C1CCCCC1. The van der Waals surface area contributed by atoms with Crippen molar-refractivity contribution >= 4 is 0 Å². The highest BCUT2D eigenvalue weighted by Gasteiger charge is 2.16. The molecule has 2 saturated carbocycles. The second-order valence-corrected chi connectivity index (χ2v) is 7.28. The summed E-state index contributed by atoms with van der Waals surface area (Å²) >= 11 is 0. The van der Waals surface area contributed by atoms with Crippen LogP contribution < -0.4 is 0 Å². The van der Waals surface area contributed by atoms with Crippen molar-refractivity contribution in [3.63, 3.8) is 0 Å². The van der Waals surface area contributed by atoms with Crippen LogP contribution in [0.25, 0.3) is 0 Å². The minimum absolute atomic E-state index is 0. The van der Waals surface area contributed by atoms with E-state index in [0.29, 0.717) is 0 Å². The van der Waals surface area contributed by atoms with E-state index in [1.165, 1.54) is 64.2 Å². The average molecular weight is 329 g/mol. The van der Waals surface area contributed by atoms with Crippen molar-refractivity contribution < 1.29 is 0 Å². The lowest BCUT2D eigenvalue weighted by Gasteiger charge is -2.24. The Morgan fingerprint density at radius 2 is 0.696 bits per heavy atom. The minimum atomic E-state index is 0. The van der Waals surface area contributed by atoms with Crippen LogP contribution in [0.3, 0.4) is 0 Å². The van der Waals surface area contributed by atoms with Gasteiger partial charge in [-0.15, -0.1) is 0 Å². The zero-order valence-electron chi connectivity index (χ0n) is 17.4. The number of hydrogen-bond donors (Lipinski definition) is 0. The smallest absolute Gasteiger partial charge is 0.0391 e. The van der Waals surface area contributed by atoms with Gasteiger partial charge in [-0.05, 0) is 23.7 Å². The predicted octanol–water partition coefficient (Wildman–Crippen LogP) is 9.13. The van der Waals surface area contributed by atoms with Gasteiger partial charge in [0.1, 0.15) is 0 Å². The Morgan fingerprint density at radius 1 is 0.478 bits per heavy atom. The Labute approximate surface area is 151 Å². The summed E-state index contributed by atoms with van der Waals surface area (Å²) in [5, 5.41) is 0. The molecule has 0 spiro atoms. The Morgan fingerprint density at radius 3 is 0.826 bits per heavy atom. The summed E-state index contributed by atoms with van der Waals surface area (Å²) in [4.78, 5) is 0. The van der Waals surface area contributed by atoms with E-state index in [-0.39, 0.29) is 7.43 Å². The maximum absolute atomic E-state index is 2.36. The molecule has 0 aromatic rings. The topological polar surface area (TPSA) is 0 Å². The van der Waals surface area contributed by atoms with Gasteiger partial charge in [-0.1, -0.05) is 127 Å². The van der Waals surface area contributed by atoms with Gasteiger partial charge in [0.2, 0.25) is 0 Å². The van der Waals surface area contributed by atoms with Gasteiger partial charge < -0.3 is 0 Å². The molecule has 0 nitrogen and oxygen atoms in total. The van der Waals surface area contributed by atoms with Gasteiger partial charge in [0, 0.05) is 0 Å². The number of hydrogen-bond acceptors (Lipinski definition) is 0. The van der Waals surface area contributed by atoms with Crippen LogP contribution in [-0.2, 0) is 0 Å². The predicted molar refractivity (Wildman–Crippen MR) is 112 cm³/mol. The highest BCUT2D eigenvalue weighted by atomic mass is 14.2. The molecule has 0 aromatic carbocycles. The second kappa shape index (κ2) is 20.0. The van der Waals surface area contributed by atoms with E-state index in [0.717, 1.165) is 23.7 Å². The van der Waals surface area contributed by atoms with Crippen molar-refractivity contribution in [2.24, 2.45) is 23.7 Å². The molecule has 0 atom stereocenters. The van der Waals surface area contributed by atoms with E-state index < -0.39 is 0 Å². The Balaban J connectivity index is -0.000000276. The molecule has 0 heterocycles. The van der Waals surface area contributed by atoms with E-state index in [2.05, 4.69) is 27.7 Å². The Kier molecular flexibility index (Phi) is 24.3. The molecular formula is C23H52. The van der Waals surface area contributed by atoms with Gasteiger partial charge in [-0.25, -0.2) is 0 Å². The molecule has 0 bridgehead atoms. The molecule has 0 saturated heterocycles. The average Bonchev–Trinajstić information content (AvgIpc) is 2.60. The quantitative estimate of drug-likeness (QED) is 0.474. The maximum atomic E-state index is 2.36. The second-order valence-electron chi connectivity index (χ2n) is 7.28. The normalized spacial score (nSPS) is 18.5. The zero-order chi connectivity index (χ0) is 17.4. The van der Waals surface area contributed by atoms with Gasteiger partial charge in [0.25, 0.3) is 0 Å². The molecule has 23 heavy (non-hydrogen) atoms. The van der Waals surface area contributed by atoms with Crippen LogP contribution in [-0.4, -0.2) is 0 Å². The van der Waals surface area contributed by atoms with E-state index in [1.54, 1.807) is 0 Å². The Hall–Kier alpha value is 0. The van der Waals surface area contributed by atoms with Crippen molar-refractivity contribution in [2.45, 2.75) is 127 Å². The van der Waals surface area contributed by atoms with Crippen molar-refractivity contribution in [1.29, 1.82) is 0 Å². The van der Waals surface area contributed by atoms with E-state index in [9.17, 15) is 0 Å². The van der Waals surface area contributed by atoms with Crippen molar-refractivity contribution in [3.05, 3.63) is 0 Å². The molecule has 0 amide bonds. The van der Waals surface area contributed by atoms with Crippen LogP contribution in [0, 0.1) is 23.7 Å². The highest BCUT2D eigenvalue weighted by molar-refractivity contribution is 4.68. The van der Waals surface area contributed by atoms with Crippen LogP contribution in [0.4, 0.5) is 0 Å². The van der Waals surface area contributed by atoms with Crippen molar-refractivity contribution in [2.75, 3.05) is 0 Å². The lowest BCUT2D eigenvalue weighted by Crippen LogP contribution is -2.12. The molecule has 0 radical (unpaired) electrons. The van der Waals surface area contributed by atoms with Crippen LogP contribution in [0.2, 0.25) is 0 Å². The fourth-order valence-corrected chi connectivity index (χ4v) is 3.60. The molecule has 2 fully saturated rings. The molecule has 0 heteroatoms. The fourth-order valence-electron chi connectivity index (χ4n) is 3.60. The molecule has 2 rings (SSSR count). The summed E-state index contributed by atoms with van der Waals surface area (Å²) in [6.45, 7) is 17.4. The monoisotopic (exact) mass is 328 g/mol. The lowest BCUT2D eigenvalue weighted by molar-refractivity contribution is 0.279. The summed E-state index contributed by atoms with van der Waals surface area (Å²) < 4.78 is 0. The third kappa shape index (κ3) is 15.3. The van der Waals surface area contributed by atoms with Crippen molar-refractivity contribution in [1.82, 2.24) is 0 Å². The molecule has 0 N–H and O–H groups in total. The van der Waals surface area contributed by atoms with Crippen molar-refractivity contribution in [3.8, 4) is 0 Å². The first-order valence-corrected chi connectivity index (χ1v) is 10.6. The maximum Gasteiger partial charge on any atom is -0.0391 e. The first kappa shape index (κ1) is 27.8. The van der Waals surface area contributed by atoms with Gasteiger partial charge >= 0.3 is 0 Å². The van der Waals surface area contributed by atoms with Gasteiger partial charge in [-0.2, -0.15) is 0 Å². The summed E-state index contributed by atoms with van der Waals surface area (Å²) in [5.74, 6) is 3.98. The van der Waals surface area contributed by atoms with Gasteiger partial charge in [0.05, 0.1) is 0 Å². The van der Waals surface area contributed by atoms with E-state index >= 15 is 0 Å². The highest BCUT2D eigenvalue weighted by Crippen LogP contribution is 2.29. The van der Waals surface area contributed by atoms with E-state index in [1.807, 2.05) is 27.7 Å². The molecule has 2 aliphatic rings. The van der Waals surface area contributed by atoms with Crippen LogP contribution in [0.1, 0.15) is 127 Å². The lowest BCUT2D eigenvalue weighted by atomic mass is 9.82. The fraction of sp³-hybridized carbons (Fsp3) is 1.00. The standard InChI is InChI=1S/2C9H18.2C2H6.CH4/c2*1-8(2)9-6-4-3-5-7-9;2*1-2;/h2*8-9H,3-7H2,1-2H3;2*1-2H3;1H4. The molecule has 0 aromatic heterocycles. The Bertz CT molecular complexity index is 158. The zero-order valence-corrected chi connectivity index (χ0v) is 17.4. The third-order valence-electron chi connectivity index (χ3n) is 5.19.